The van der Waals surface area contributed by atoms with Crippen molar-refractivity contribution in [3.8, 4) is 11.4 Å². The van der Waals surface area contributed by atoms with E-state index in [0.29, 0.717) is 18.1 Å². The molecule has 0 saturated carbocycles. The molecule has 7 heteroatoms. The molecule has 0 unspecified atom stereocenters. The van der Waals surface area contributed by atoms with Crippen LogP contribution in [0.2, 0.25) is 0 Å². The summed E-state index contributed by atoms with van der Waals surface area (Å²) < 4.78 is 5.29. The predicted octanol–water partition coefficient (Wildman–Crippen LogP) is 1.66. The molecule has 7 nitrogen and oxygen atoms in total. The minimum atomic E-state index is -0.362. The van der Waals surface area contributed by atoms with E-state index in [4.69, 9.17) is 10.3 Å². The second-order valence-electron chi connectivity index (χ2n) is 4.73. The lowest BCUT2D eigenvalue weighted by molar-refractivity contribution is 0.354. The van der Waals surface area contributed by atoms with E-state index in [-0.39, 0.29) is 6.04 Å². The standard InChI is InChI=1S/C14H16N6O/c1-2-9-6-16-4-3-11(9)13-19-14(21-20-13)12(15)5-10-7-17-8-18-10/h3-4,6-8,12H,2,5,15H2,1H3,(H,17,18)/t12-/m0/s1. The van der Waals surface area contributed by atoms with Crippen molar-refractivity contribution in [1.29, 1.82) is 0 Å². The summed E-state index contributed by atoms with van der Waals surface area (Å²) in [6, 6.07) is 1.52. The van der Waals surface area contributed by atoms with Crippen LogP contribution in [-0.4, -0.2) is 25.1 Å². The Bertz CT molecular complexity index is 706. The van der Waals surface area contributed by atoms with E-state index in [1.807, 2.05) is 12.3 Å². The van der Waals surface area contributed by atoms with Gasteiger partial charge in [-0.15, -0.1) is 0 Å². The van der Waals surface area contributed by atoms with Crippen LogP contribution in [0.25, 0.3) is 11.4 Å². The number of rotatable bonds is 5. The molecule has 0 aromatic carbocycles. The SMILES string of the molecule is CCc1cnccc1-c1noc([C@@H](N)Cc2cnc[nH]2)n1. The minimum absolute atomic E-state index is 0.362. The van der Waals surface area contributed by atoms with Gasteiger partial charge in [0.1, 0.15) is 0 Å². The molecule has 3 aromatic rings. The van der Waals surface area contributed by atoms with E-state index < -0.39 is 0 Å². The molecule has 0 radical (unpaired) electrons. The van der Waals surface area contributed by atoms with E-state index in [1.165, 1.54) is 0 Å². The number of nitrogens with one attached hydrogen (secondary N) is 1. The van der Waals surface area contributed by atoms with Crippen LogP contribution in [0.1, 0.15) is 30.1 Å². The first-order valence-corrected chi connectivity index (χ1v) is 6.77. The van der Waals surface area contributed by atoms with Gasteiger partial charge in [-0.1, -0.05) is 12.1 Å². The highest BCUT2D eigenvalue weighted by Crippen LogP contribution is 2.22. The third kappa shape index (κ3) is 2.82. The highest BCUT2D eigenvalue weighted by Gasteiger charge is 2.18. The molecule has 21 heavy (non-hydrogen) atoms. The Morgan fingerprint density at radius 3 is 3.00 bits per heavy atom. The number of aromatic amines is 1. The molecule has 3 aromatic heterocycles. The third-order valence-electron chi connectivity index (χ3n) is 3.28. The zero-order chi connectivity index (χ0) is 14.7. The van der Waals surface area contributed by atoms with E-state index in [0.717, 1.165) is 23.2 Å². The van der Waals surface area contributed by atoms with E-state index >= 15 is 0 Å². The van der Waals surface area contributed by atoms with Gasteiger partial charge in [-0.3, -0.25) is 4.98 Å². The fourth-order valence-corrected chi connectivity index (χ4v) is 2.14. The summed E-state index contributed by atoms with van der Waals surface area (Å²) >= 11 is 0. The number of H-pyrrole nitrogens is 1. The summed E-state index contributed by atoms with van der Waals surface area (Å²) in [7, 11) is 0. The molecule has 3 rings (SSSR count). The van der Waals surface area contributed by atoms with Crippen molar-refractivity contribution in [3.05, 3.63) is 48.1 Å². The Morgan fingerprint density at radius 1 is 1.33 bits per heavy atom. The van der Waals surface area contributed by atoms with E-state index in [1.54, 1.807) is 18.7 Å². The molecule has 0 aliphatic carbocycles. The normalized spacial score (nSPS) is 12.5. The zero-order valence-corrected chi connectivity index (χ0v) is 11.7. The van der Waals surface area contributed by atoms with Gasteiger partial charge in [0.25, 0.3) is 0 Å². The molecule has 0 saturated heterocycles. The van der Waals surface area contributed by atoms with Crippen molar-refractivity contribution in [2.45, 2.75) is 25.8 Å². The van der Waals surface area contributed by atoms with Gasteiger partial charge in [-0.05, 0) is 18.1 Å². The van der Waals surface area contributed by atoms with Crippen LogP contribution < -0.4 is 5.73 Å². The molecule has 0 amide bonds. The largest absolute Gasteiger partial charge is 0.348 e. The summed E-state index contributed by atoms with van der Waals surface area (Å²) in [6.45, 7) is 2.06. The quantitative estimate of drug-likeness (QED) is 0.738. The first kappa shape index (κ1) is 13.4. The van der Waals surface area contributed by atoms with Gasteiger partial charge in [0, 0.05) is 36.3 Å². The maximum Gasteiger partial charge on any atom is 0.244 e. The van der Waals surface area contributed by atoms with Crippen molar-refractivity contribution < 1.29 is 4.52 Å². The Kier molecular flexibility index (Phi) is 3.74. The third-order valence-corrected chi connectivity index (χ3v) is 3.28. The average Bonchev–Trinajstić information content (AvgIpc) is 3.18. The van der Waals surface area contributed by atoms with Crippen molar-refractivity contribution in [3.63, 3.8) is 0 Å². The van der Waals surface area contributed by atoms with Crippen LogP contribution in [0, 0.1) is 0 Å². The molecular weight excluding hydrogens is 268 g/mol. The second kappa shape index (κ2) is 5.84. The zero-order valence-electron chi connectivity index (χ0n) is 11.7. The maximum absolute atomic E-state index is 6.09. The van der Waals surface area contributed by atoms with Crippen molar-refractivity contribution in [2.24, 2.45) is 5.73 Å². The highest BCUT2D eigenvalue weighted by atomic mass is 16.5. The van der Waals surface area contributed by atoms with E-state index in [2.05, 4.69) is 32.0 Å². The summed E-state index contributed by atoms with van der Waals surface area (Å²) in [5.74, 6) is 0.961. The summed E-state index contributed by atoms with van der Waals surface area (Å²) in [4.78, 5) is 15.5. The number of hydrogen-bond donors (Lipinski definition) is 2. The topological polar surface area (TPSA) is 107 Å². The fourth-order valence-electron chi connectivity index (χ4n) is 2.14. The summed E-state index contributed by atoms with van der Waals surface area (Å²) in [5.41, 5.74) is 9.03. The highest BCUT2D eigenvalue weighted by molar-refractivity contribution is 5.58. The van der Waals surface area contributed by atoms with Gasteiger partial charge in [-0.2, -0.15) is 4.98 Å². The smallest absolute Gasteiger partial charge is 0.244 e. The van der Waals surface area contributed by atoms with Gasteiger partial charge in [0.15, 0.2) is 0 Å². The molecular formula is C14H16N6O. The molecule has 3 N–H and O–H groups in total. The lowest BCUT2D eigenvalue weighted by atomic mass is 10.1. The molecule has 1 atom stereocenters. The lowest BCUT2D eigenvalue weighted by Gasteiger charge is -2.04. The Labute approximate surface area is 121 Å². The van der Waals surface area contributed by atoms with Crippen molar-refractivity contribution >= 4 is 0 Å². The van der Waals surface area contributed by atoms with E-state index in [9.17, 15) is 0 Å². The van der Waals surface area contributed by atoms with Crippen molar-refractivity contribution in [2.75, 3.05) is 0 Å². The second-order valence-corrected chi connectivity index (χ2v) is 4.73. The number of pyridine rings is 1. The Morgan fingerprint density at radius 2 is 2.24 bits per heavy atom. The summed E-state index contributed by atoms with van der Waals surface area (Å²) in [5, 5.41) is 4.03. The van der Waals surface area contributed by atoms with Crippen LogP contribution >= 0.6 is 0 Å². The van der Waals surface area contributed by atoms with Gasteiger partial charge in [0.2, 0.25) is 11.7 Å². The maximum atomic E-state index is 6.09. The van der Waals surface area contributed by atoms with Crippen LogP contribution in [0.15, 0.2) is 35.5 Å². The molecule has 3 heterocycles. The number of nitrogens with zero attached hydrogens (tertiary/aromatic N) is 4. The lowest BCUT2D eigenvalue weighted by Crippen LogP contribution is -2.14. The average molecular weight is 284 g/mol. The molecule has 0 aliphatic heterocycles. The van der Waals surface area contributed by atoms with Crippen LogP contribution in [0.5, 0.6) is 0 Å². The number of hydrogen-bond acceptors (Lipinski definition) is 6. The number of aryl methyl sites for hydroxylation is 1. The first-order valence-electron chi connectivity index (χ1n) is 6.77. The number of aromatic nitrogens is 5. The molecule has 0 spiro atoms. The molecule has 108 valence electrons. The number of nitrogens with two attached hydrogens (primary N) is 1. The van der Waals surface area contributed by atoms with Crippen LogP contribution in [0.4, 0.5) is 0 Å². The first-order chi connectivity index (χ1) is 10.3. The number of imidazole rings is 1. The van der Waals surface area contributed by atoms with Crippen LogP contribution in [0.3, 0.4) is 0 Å². The molecule has 0 fully saturated rings. The molecule has 0 bridgehead atoms. The monoisotopic (exact) mass is 284 g/mol. The molecule has 0 aliphatic rings. The Balaban J connectivity index is 1.82. The summed E-state index contributed by atoms with van der Waals surface area (Å²) in [6.07, 6.45) is 8.30. The van der Waals surface area contributed by atoms with Gasteiger partial charge >= 0.3 is 0 Å². The van der Waals surface area contributed by atoms with Gasteiger partial charge in [0.05, 0.1) is 12.4 Å². The minimum Gasteiger partial charge on any atom is -0.348 e. The van der Waals surface area contributed by atoms with Gasteiger partial charge in [-0.25, -0.2) is 4.98 Å². The fraction of sp³-hybridized carbons (Fsp3) is 0.286. The predicted molar refractivity (Wildman–Crippen MR) is 76.1 cm³/mol. The van der Waals surface area contributed by atoms with Crippen LogP contribution in [-0.2, 0) is 12.8 Å². The van der Waals surface area contributed by atoms with Crippen molar-refractivity contribution in [1.82, 2.24) is 25.1 Å². The van der Waals surface area contributed by atoms with Gasteiger partial charge < -0.3 is 15.2 Å². The Hall–Kier alpha value is -2.54.